The Balaban J connectivity index is 2.12. The van der Waals surface area contributed by atoms with Gasteiger partial charge in [0.2, 0.25) is 0 Å². The molecule has 1 aromatic carbocycles. The molecule has 0 atom stereocenters. The predicted molar refractivity (Wildman–Crippen MR) is 82.2 cm³/mol. The third-order valence-electron chi connectivity index (χ3n) is 2.67. The van der Waals surface area contributed by atoms with Crippen molar-refractivity contribution >= 4 is 44.3 Å². The molecule has 0 bridgehead atoms. The Labute approximate surface area is 123 Å². The van der Waals surface area contributed by atoms with Crippen LogP contribution in [-0.4, -0.2) is 9.97 Å². The van der Waals surface area contributed by atoms with Gasteiger partial charge in [-0.05, 0) is 46.3 Å². The van der Waals surface area contributed by atoms with E-state index in [2.05, 4.69) is 25.9 Å². The zero-order chi connectivity index (χ0) is 13.2. The average molecular weight is 332 g/mol. The van der Waals surface area contributed by atoms with E-state index in [1.54, 1.807) is 24.2 Å². The van der Waals surface area contributed by atoms with Crippen molar-refractivity contribution in [3.63, 3.8) is 0 Å². The molecular formula is C14H10BrN3S. The smallest absolute Gasteiger partial charge is 0.101 e. The second-order valence-corrected chi connectivity index (χ2v) is 5.95. The van der Waals surface area contributed by atoms with Crippen LogP contribution in [0.5, 0.6) is 0 Å². The number of aromatic nitrogens is 2. The van der Waals surface area contributed by atoms with Gasteiger partial charge in [0.1, 0.15) is 5.03 Å². The molecule has 3 nitrogen and oxygen atoms in total. The van der Waals surface area contributed by atoms with Crippen molar-refractivity contribution in [1.29, 1.82) is 0 Å². The summed E-state index contributed by atoms with van der Waals surface area (Å²) in [5.74, 6) is 0. The largest absolute Gasteiger partial charge is 0.398 e. The zero-order valence-corrected chi connectivity index (χ0v) is 12.3. The normalized spacial score (nSPS) is 10.8. The minimum Gasteiger partial charge on any atom is -0.398 e. The highest BCUT2D eigenvalue weighted by molar-refractivity contribution is 9.10. The van der Waals surface area contributed by atoms with Crippen molar-refractivity contribution in [2.24, 2.45) is 0 Å². The van der Waals surface area contributed by atoms with Gasteiger partial charge in [0.05, 0.1) is 5.52 Å². The molecule has 2 N–H and O–H groups in total. The fourth-order valence-corrected chi connectivity index (χ4v) is 3.00. The summed E-state index contributed by atoms with van der Waals surface area (Å²) < 4.78 is 0.923. The van der Waals surface area contributed by atoms with Gasteiger partial charge in [-0.15, -0.1) is 0 Å². The van der Waals surface area contributed by atoms with Crippen LogP contribution < -0.4 is 5.73 Å². The van der Waals surface area contributed by atoms with Crippen LogP contribution in [0.15, 0.2) is 63.2 Å². The van der Waals surface area contributed by atoms with Crippen molar-refractivity contribution in [2.45, 2.75) is 9.92 Å². The summed E-state index contributed by atoms with van der Waals surface area (Å²) >= 11 is 5.01. The van der Waals surface area contributed by atoms with E-state index in [4.69, 9.17) is 5.73 Å². The van der Waals surface area contributed by atoms with Crippen molar-refractivity contribution in [2.75, 3.05) is 5.73 Å². The molecule has 0 aliphatic rings. The molecule has 0 saturated carbocycles. The monoisotopic (exact) mass is 331 g/mol. The van der Waals surface area contributed by atoms with Gasteiger partial charge >= 0.3 is 0 Å². The number of nitrogen functional groups attached to an aromatic ring is 1. The Bertz CT molecular complexity index is 731. The number of anilines is 1. The van der Waals surface area contributed by atoms with E-state index >= 15 is 0 Å². The Morgan fingerprint density at radius 2 is 2.00 bits per heavy atom. The van der Waals surface area contributed by atoms with Gasteiger partial charge in [0.15, 0.2) is 0 Å². The van der Waals surface area contributed by atoms with Crippen molar-refractivity contribution in [3.8, 4) is 0 Å². The Kier molecular flexibility index (Phi) is 3.40. The Morgan fingerprint density at radius 1 is 1.11 bits per heavy atom. The summed E-state index contributed by atoms with van der Waals surface area (Å²) in [4.78, 5) is 9.83. The maximum Gasteiger partial charge on any atom is 0.101 e. The van der Waals surface area contributed by atoms with Crippen LogP contribution >= 0.6 is 27.7 Å². The summed E-state index contributed by atoms with van der Waals surface area (Å²) in [5.41, 5.74) is 7.63. The third-order valence-corrected chi connectivity index (χ3v) is 4.10. The van der Waals surface area contributed by atoms with Gasteiger partial charge < -0.3 is 5.73 Å². The molecule has 2 heterocycles. The number of hydrogen-bond acceptors (Lipinski definition) is 4. The summed E-state index contributed by atoms with van der Waals surface area (Å²) in [6.45, 7) is 0. The molecular weight excluding hydrogens is 322 g/mol. The molecule has 94 valence electrons. The van der Waals surface area contributed by atoms with Gasteiger partial charge in [0, 0.05) is 32.8 Å². The highest BCUT2D eigenvalue weighted by atomic mass is 79.9. The maximum atomic E-state index is 6.00. The van der Waals surface area contributed by atoms with Crippen molar-refractivity contribution in [1.82, 2.24) is 9.97 Å². The molecule has 0 amide bonds. The molecule has 19 heavy (non-hydrogen) atoms. The van der Waals surface area contributed by atoms with E-state index in [1.807, 2.05) is 36.4 Å². The molecule has 0 radical (unpaired) electrons. The van der Waals surface area contributed by atoms with Crippen LogP contribution in [0.4, 0.5) is 5.69 Å². The number of hydrogen-bond donors (Lipinski definition) is 1. The lowest BCUT2D eigenvalue weighted by atomic mass is 10.2. The summed E-state index contributed by atoms with van der Waals surface area (Å²) in [7, 11) is 0. The van der Waals surface area contributed by atoms with Gasteiger partial charge in [-0.25, -0.2) is 4.98 Å². The number of fused-ring (bicyclic) bond motifs is 1. The lowest BCUT2D eigenvalue weighted by Gasteiger charge is -2.07. The fourth-order valence-electron chi connectivity index (χ4n) is 1.79. The first-order valence-corrected chi connectivity index (χ1v) is 7.27. The minimum atomic E-state index is 0.731. The van der Waals surface area contributed by atoms with Crippen LogP contribution in [0.1, 0.15) is 0 Å². The van der Waals surface area contributed by atoms with Gasteiger partial charge in [-0.2, -0.15) is 0 Å². The van der Waals surface area contributed by atoms with E-state index in [0.717, 1.165) is 31.0 Å². The summed E-state index contributed by atoms with van der Waals surface area (Å²) in [6, 6.07) is 11.7. The molecule has 0 unspecified atom stereocenters. The number of pyridine rings is 2. The molecule has 0 spiro atoms. The maximum absolute atomic E-state index is 6.00. The second-order valence-electron chi connectivity index (χ2n) is 3.97. The average Bonchev–Trinajstić information content (AvgIpc) is 2.43. The van der Waals surface area contributed by atoms with Crippen LogP contribution in [0.25, 0.3) is 10.9 Å². The lowest BCUT2D eigenvalue weighted by Crippen LogP contribution is -1.91. The van der Waals surface area contributed by atoms with Crippen molar-refractivity contribution < 1.29 is 0 Å². The highest BCUT2D eigenvalue weighted by Crippen LogP contribution is 2.34. The van der Waals surface area contributed by atoms with E-state index in [0.29, 0.717) is 0 Å². The van der Waals surface area contributed by atoms with Crippen LogP contribution in [0, 0.1) is 0 Å². The molecule has 2 aromatic heterocycles. The second kappa shape index (κ2) is 5.19. The van der Waals surface area contributed by atoms with E-state index in [1.165, 1.54) is 0 Å². The first-order chi connectivity index (χ1) is 9.24. The molecule has 0 fully saturated rings. The Morgan fingerprint density at radius 3 is 2.79 bits per heavy atom. The van der Waals surface area contributed by atoms with Gasteiger partial charge in [-0.3, -0.25) is 4.98 Å². The molecule has 3 aromatic rings. The van der Waals surface area contributed by atoms with Crippen LogP contribution in [0.2, 0.25) is 0 Å². The topological polar surface area (TPSA) is 51.8 Å². The fraction of sp³-hybridized carbons (Fsp3) is 0. The van der Waals surface area contributed by atoms with E-state index in [-0.39, 0.29) is 0 Å². The minimum absolute atomic E-state index is 0.731. The third kappa shape index (κ3) is 2.57. The molecule has 3 rings (SSSR count). The first kappa shape index (κ1) is 12.4. The lowest BCUT2D eigenvalue weighted by molar-refractivity contribution is 1.13. The number of benzene rings is 1. The number of nitrogens with zero attached hydrogens (tertiary/aromatic N) is 2. The summed E-state index contributed by atoms with van der Waals surface area (Å²) in [6.07, 6.45) is 3.57. The van der Waals surface area contributed by atoms with Crippen molar-refractivity contribution in [3.05, 3.63) is 53.3 Å². The van der Waals surface area contributed by atoms with Crippen LogP contribution in [0.3, 0.4) is 0 Å². The Hall–Kier alpha value is -1.59. The van der Waals surface area contributed by atoms with E-state index < -0.39 is 0 Å². The molecule has 0 aliphatic heterocycles. The zero-order valence-electron chi connectivity index (χ0n) is 9.88. The molecule has 0 saturated heterocycles. The number of rotatable bonds is 2. The number of halogens is 1. The molecule has 0 aliphatic carbocycles. The van der Waals surface area contributed by atoms with Crippen LogP contribution in [-0.2, 0) is 0 Å². The SMILES string of the molecule is Nc1ccc(Sc2ccccn2)c2ncc(Br)cc12. The standard InChI is InChI=1S/C14H10BrN3S/c15-9-7-10-11(16)4-5-12(14(10)18-8-9)19-13-3-1-2-6-17-13/h1-8H,16H2. The van der Waals surface area contributed by atoms with Gasteiger partial charge in [-0.1, -0.05) is 17.8 Å². The first-order valence-electron chi connectivity index (χ1n) is 5.66. The predicted octanol–water partition coefficient (Wildman–Crippen LogP) is 4.13. The quantitative estimate of drug-likeness (QED) is 0.717. The summed E-state index contributed by atoms with van der Waals surface area (Å²) in [5, 5.41) is 1.90. The molecule has 5 heteroatoms. The van der Waals surface area contributed by atoms with Gasteiger partial charge in [0.25, 0.3) is 0 Å². The highest BCUT2D eigenvalue weighted by Gasteiger charge is 2.08. The van der Waals surface area contributed by atoms with E-state index in [9.17, 15) is 0 Å². The number of nitrogens with two attached hydrogens (primary N) is 1.